The smallest absolute Gasteiger partial charge is 0.326 e. The van der Waals surface area contributed by atoms with Crippen LogP contribution in [0.3, 0.4) is 0 Å². The maximum atomic E-state index is 12.0. The van der Waals surface area contributed by atoms with Gasteiger partial charge in [0.1, 0.15) is 5.54 Å². The number of ether oxygens (including phenoxy) is 1. The summed E-state index contributed by atoms with van der Waals surface area (Å²) in [7, 11) is 1.81. The number of benzene rings is 1. The average molecular weight is 309 g/mol. The molecule has 1 atom stereocenters. The molecule has 0 saturated heterocycles. The summed E-state index contributed by atoms with van der Waals surface area (Å²) in [4.78, 5) is 13.2. The minimum atomic E-state index is -0.584. The van der Waals surface area contributed by atoms with Crippen LogP contribution in [0.4, 0.5) is 0 Å². The summed E-state index contributed by atoms with van der Waals surface area (Å²) in [6.45, 7) is 8.43. The first-order valence-corrected chi connectivity index (χ1v) is 8.47. The third kappa shape index (κ3) is 5.36. The molecular formula is C17H27NO2S. The largest absolute Gasteiger partial charge is 0.465 e. The lowest BCUT2D eigenvalue weighted by Crippen LogP contribution is -2.48. The third-order valence-electron chi connectivity index (χ3n) is 3.85. The quantitative estimate of drug-likeness (QED) is 0.451. The van der Waals surface area contributed by atoms with Gasteiger partial charge in [-0.05, 0) is 76.6 Å². The van der Waals surface area contributed by atoms with Crippen molar-refractivity contribution in [1.82, 2.24) is 5.32 Å². The van der Waals surface area contributed by atoms with E-state index in [2.05, 4.69) is 37.4 Å². The number of aryl methyl sites for hydroxylation is 2. The second-order valence-electron chi connectivity index (χ2n) is 5.50. The molecule has 1 unspecified atom stereocenters. The number of nitrogens with one attached hydrogen (secondary N) is 1. The second-order valence-corrected chi connectivity index (χ2v) is 6.67. The molecular weight excluding hydrogens is 282 g/mol. The third-order valence-corrected chi connectivity index (χ3v) is 4.93. The van der Waals surface area contributed by atoms with E-state index in [9.17, 15) is 4.79 Å². The maximum absolute atomic E-state index is 12.0. The molecule has 0 aliphatic rings. The van der Waals surface area contributed by atoms with Crippen LogP contribution in [0.15, 0.2) is 23.1 Å². The van der Waals surface area contributed by atoms with Crippen LogP contribution >= 0.6 is 11.8 Å². The Kier molecular flexibility index (Phi) is 7.26. The summed E-state index contributed by atoms with van der Waals surface area (Å²) in [5, 5.41) is 3.09. The Labute approximate surface area is 132 Å². The Hall–Kier alpha value is -1.00. The average Bonchev–Trinajstić information content (AvgIpc) is 2.47. The van der Waals surface area contributed by atoms with Gasteiger partial charge in [0.05, 0.1) is 6.61 Å². The molecule has 0 spiro atoms. The van der Waals surface area contributed by atoms with Gasteiger partial charge in [0.15, 0.2) is 0 Å². The molecule has 21 heavy (non-hydrogen) atoms. The van der Waals surface area contributed by atoms with Crippen molar-refractivity contribution >= 4 is 17.7 Å². The zero-order valence-corrected chi connectivity index (χ0v) is 14.6. The van der Waals surface area contributed by atoms with Gasteiger partial charge < -0.3 is 10.1 Å². The van der Waals surface area contributed by atoms with Gasteiger partial charge >= 0.3 is 5.97 Å². The Morgan fingerprint density at radius 1 is 1.33 bits per heavy atom. The monoisotopic (exact) mass is 309 g/mol. The first kappa shape index (κ1) is 18.1. The van der Waals surface area contributed by atoms with Crippen LogP contribution in [0.1, 0.15) is 37.8 Å². The number of hydrogen-bond donors (Lipinski definition) is 1. The molecule has 1 N–H and O–H groups in total. The molecule has 3 nitrogen and oxygen atoms in total. The van der Waals surface area contributed by atoms with Crippen LogP contribution in [0.2, 0.25) is 0 Å². The van der Waals surface area contributed by atoms with Crippen LogP contribution in [0.5, 0.6) is 0 Å². The summed E-state index contributed by atoms with van der Waals surface area (Å²) in [5.41, 5.74) is 2.07. The van der Waals surface area contributed by atoms with E-state index in [4.69, 9.17) is 4.74 Å². The molecule has 0 radical (unpaired) electrons. The number of rotatable bonds is 8. The standard InChI is InChI=1S/C17H27NO2S/c1-6-20-16(19)17(4,18-5)10-7-11-21-15-9-8-13(2)14(3)12-15/h8-9,12,18H,6-7,10-11H2,1-5H3. The highest BCUT2D eigenvalue weighted by molar-refractivity contribution is 7.99. The second kappa shape index (κ2) is 8.44. The highest BCUT2D eigenvalue weighted by atomic mass is 32.2. The van der Waals surface area contributed by atoms with Crippen LogP contribution < -0.4 is 5.32 Å². The fourth-order valence-corrected chi connectivity index (χ4v) is 2.99. The van der Waals surface area contributed by atoms with Crippen molar-refractivity contribution in [2.24, 2.45) is 0 Å². The molecule has 0 aliphatic heterocycles. The molecule has 4 heteroatoms. The number of hydrogen-bond acceptors (Lipinski definition) is 4. The molecule has 0 fully saturated rings. The zero-order chi connectivity index (χ0) is 15.9. The van der Waals surface area contributed by atoms with E-state index in [1.54, 1.807) is 0 Å². The van der Waals surface area contributed by atoms with Crippen molar-refractivity contribution in [1.29, 1.82) is 0 Å². The summed E-state index contributed by atoms with van der Waals surface area (Å²) in [5.74, 6) is 0.836. The van der Waals surface area contributed by atoms with Crippen molar-refractivity contribution < 1.29 is 9.53 Å². The lowest BCUT2D eigenvalue weighted by atomic mass is 9.97. The van der Waals surface area contributed by atoms with Gasteiger partial charge in [0.25, 0.3) is 0 Å². The number of thioether (sulfide) groups is 1. The predicted molar refractivity (Wildman–Crippen MR) is 90.0 cm³/mol. The van der Waals surface area contributed by atoms with Gasteiger partial charge in [-0.15, -0.1) is 11.8 Å². The van der Waals surface area contributed by atoms with Gasteiger partial charge in [-0.2, -0.15) is 0 Å². The highest BCUT2D eigenvalue weighted by Crippen LogP contribution is 2.24. The minimum absolute atomic E-state index is 0.163. The van der Waals surface area contributed by atoms with E-state index >= 15 is 0 Å². The number of carbonyl (C=O) groups excluding carboxylic acids is 1. The first-order valence-electron chi connectivity index (χ1n) is 7.49. The summed E-state index contributed by atoms with van der Waals surface area (Å²) in [6, 6.07) is 6.55. The lowest BCUT2D eigenvalue weighted by Gasteiger charge is -2.26. The van der Waals surface area contributed by atoms with E-state index < -0.39 is 5.54 Å². The van der Waals surface area contributed by atoms with E-state index in [0.29, 0.717) is 6.61 Å². The summed E-state index contributed by atoms with van der Waals surface area (Å²) in [6.07, 6.45) is 1.74. The topological polar surface area (TPSA) is 38.3 Å². The van der Waals surface area contributed by atoms with E-state index in [1.807, 2.05) is 32.7 Å². The van der Waals surface area contributed by atoms with Crippen LogP contribution in [0, 0.1) is 13.8 Å². The Bertz CT molecular complexity index is 476. The van der Waals surface area contributed by atoms with Crippen molar-refractivity contribution in [3.05, 3.63) is 29.3 Å². The van der Waals surface area contributed by atoms with Crippen molar-refractivity contribution in [3.63, 3.8) is 0 Å². The molecule has 0 saturated carbocycles. The summed E-state index contributed by atoms with van der Waals surface area (Å²) < 4.78 is 5.13. The molecule has 118 valence electrons. The minimum Gasteiger partial charge on any atom is -0.465 e. The fourth-order valence-electron chi connectivity index (χ4n) is 2.04. The van der Waals surface area contributed by atoms with Gasteiger partial charge in [-0.25, -0.2) is 0 Å². The van der Waals surface area contributed by atoms with Crippen LogP contribution in [-0.4, -0.2) is 30.9 Å². The molecule has 1 rings (SSSR count). The zero-order valence-electron chi connectivity index (χ0n) is 13.8. The number of carbonyl (C=O) groups is 1. The number of esters is 1. The van der Waals surface area contributed by atoms with Crippen molar-refractivity contribution in [2.45, 2.75) is 51.0 Å². The lowest BCUT2D eigenvalue weighted by molar-refractivity contribution is -0.150. The molecule has 0 aliphatic carbocycles. The predicted octanol–water partition coefficient (Wildman–Crippen LogP) is 3.72. The molecule has 0 amide bonds. The fraction of sp³-hybridized carbons (Fsp3) is 0.588. The number of likely N-dealkylation sites (N-methyl/N-ethyl adjacent to an activating group) is 1. The van der Waals surface area contributed by atoms with Crippen molar-refractivity contribution in [3.8, 4) is 0 Å². The summed E-state index contributed by atoms with van der Waals surface area (Å²) >= 11 is 1.84. The maximum Gasteiger partial charge on any atom is 0.326 e. The van der Waals surface area contributed by atoms with Crippen LogP contribution in [0.25, 0.3) is 0 Å². The molecule has 0 aromatic heterocycles. The van der Waals surface area contributed by atoms with Gasteiger partial charge in [0, 0.05) is 4.90 Å². The molecule has 1 aromatic rings. The highest BCUT2D eigenvalue weighted by Gasteiger charge is 2.32. The van der Waals surface area contributed by atoms with E-state index in [-0.39, 0.29) is 5.97 Å². The van der Waals surface area contributed by atoms with E-state index in [1.165, 1.54) is 16.0 Å². The first-order chi connectivity index (χ1) is 9.92. The normalized spacial score (nSPS) is 13.8. The van der Waals surface area contributed by atoms with Gasteiger partial charge in [0.2, 0.25) is 0 Å². The van der Waals surface area contributed by atoms with Crippen molar-refractivity contribution in [2.75, 3.05) is 19.4 Å². The molecule has 0 heterocycles. The Morgan fingerprint density at radius 3 is 2.62 bits per heavy atom. The Balaban J connectivity index is 2.44. The molecule has 1 aromatic carbocycles. The SMILES string of the molecule is CCOC(=O)C(C)(CCCSc1ccc(C)c(C)c1)NC. The van der Waals surface area contributed by atoms with E-state index in [0.717, 1.165) is 18.6 Å². The van der Waals surface area contributed by atoms with Crippen LogP contribution in [-0.2, 0) is 9.53 Å². The Morgan fingerprint density at radius 2 is 2.05 bits per heavy atom. The van der Waals surface area contributed by atoms with Gasteiger partial charge in [-0.1, -0.05) is 6.07 Å². The van der Waals surface area contributed by atoms with Gasteiger partial charge in [-0.3, -0.25) is 4.79 Å². The molecule has 0 bridgehead atoms.